The molecule has 0 aliphatic rings. The summed E-state index contributed by atoms with van der Waals surface area (Å²) >= 11 is 0. The number of amides is 1. The van der Waals surface area contributed by atoms with E-state index in [1.807, 2.05) is 0 Å². The molecule has 0 saturated heterocycles. The minimum absolute atomic E-state index is 0.0781. The Hall–Kier alpha value is -5.38. The molecule has 0 fully saturated rings. The van der Waals surface area contributed by atoms with Crippen molar-refractivity contribution in [1.29, 1.82) is 0 Å². The van der Waals surface area contributed by atoms with Crippen LogP contribution < -0.4 is 10.9 Å². The Morgan fingerprint density at radius 1 is 1.00 bits per heavy atom. The summed E-state index contributed by atoms with van der Waals surface area (Å²) in [6, 6.07) is 5.38. The number of nitrogens with one attached hydrogen (secondary N) is 1. The van der Waals surface area contributed by atoms with Crippen molar-refractivity contribution in [2.24, 2.45) is 5.92 Å². The number of hydrogen-bond acceptors (Lipinski definition) is 4. The highest BCUT2D eigenvalue weighted by molar-refractivity contribution is 5.82. The van der Waals surface area contributed by atoms with Crippen LogP contribution in [0.4, 0.5) is 26.3 Å². The van der Waals surface area contributed by atoms with Crippen LogP contribution in [-0.2, 0) is 28.6 Å². The largest absolute Gasteiger partial charge is 0.481 e. The summed E-state index contributed by atoms with van der Waals surface area (Å²) < 4.78 is 90.1. The zero-order valence-electron chi connectivity index (χ0n) is 29.1. The first-order valence-electron chi connectivity index (χ1n) is 16.4. The Morgan fingerprint density at radius 2 is 1.67 bits per heavy atom. The number of halogens is 6. The number of carbonyl (C=O) groups excluding carboxylic acids is 1. The number of aryl methyl sites for hydroxylation is 4. The van der Waals surface area contributed by atoms with Gasteiger partial charge in [-0.1, -0.05) is 25.8 Å². The van der Waals surface area contributed by atoms with Gasteiger partial charge in [-0.25, -0.2) is 13.2 Å². The van der Waals surface area contributed by atoms with Crippen molar-refractivity contribution in [3.05, 3.63) is 122 Å². The smallest absolute Gasteiger partial charge is 0.416 e. The molecule has 2 heterocycles. The lowest BCUT2D eigenvalue weighted by Gasteiger charge is -2.27. The molecule has 2 N–H and O–H groups in total. The molecule has 0 unspecified atom stereocenters. The third-order valence-electron chi connectivity index (χ3n) is 8.48. The summed E-state index contributed by atoms with van der Waals surface area (Å²) in [6.45, 7) is 7.81. The Morgan fingerprint density at radius 3 is 2.23 bits per heavy atom. The first-order chi connectivity index (χ1) is 24.4. The SMILES string of the molecule is CC#Cc1cc(-c2c(C)cc(F)cc2C)c(F)c([C@H](CC(=O)O)NC(=O)[C@@H](CC(C)C)n2cc(CCc3ccccn3)c(C(F)(F)F)cc2=O)c1F. The molecule has 4 aromatic rings. The second kappa shape index (κ2) is 16.3. The highest BCUT2D eigenvalue weighted by Crippen LogP contribution is 2.38. The third kappa shape index (κ3) is 9.09. The van der Waals surface area contributed by atoms with Crippen LogP contribution in [0.1, 0.15) is 84.8 Å². The number of aromatic nitrogens is 2. The van der Waals surface area contributed by atoms with Crippen molar-refractivity contribution >= 4 is 11.9 Å². The first kappa shape index (κ1) is 39.4. The fourth-order valence-corrected chi connectivity index (χ4v) is 6.27. The van der Waals surface area contributed by atoms with Crippen molar-refractivity contribution in [2.75, 3.05) is 0 Å². The van der Waals surface area contributed by atoms with E-state index in [-0.39, 0.29) is 47.4 Å². The lowest BCUT2D eigenvalue weighted by molar-refractivity contribution is -0.139. The topological polar surface area (TPSA) is 101 Å². The highest BCUT2D eigenvalue weighted by atomic mass is 19.4. The van der Waals surface area contributed by atoms with Gasteiger partial charge in [0.15, 0.2) is 0 Å². The van der Waals surface area contributed by atoms with E-state index in [4.69, 9.17) is 0 Å². The van der Waals surface area contributed by atoms with Crippen molar-refractivity contribution in [1.82, 2.24) is 14.9 Å². The van der Waals surface area contributed by atoms with Gasteiger partial charge in [-0.15, -0.1) is 5.92 Å². The van der Waals surface area contributed by atoms with Gasteiger partial charge in [-0.3, -0.25) is 19.4 Å². The van der Waals surface area contributed by atoms with Crippen molar-refractivity contribution < 1.29 is 41.0 Å². The van der Waals surface area contributed by atoms with Crippen LogP contribution in [0.2, 0.25) is 0 Å². The van der Waals surface area contributed by atoms with Gasteiger partial charge in [0.1, 0.15) is 23.5 Å². The molecular weight excluding hydrogens is 688 g/mol. The molecule has 0 spiro atoms. The molecule has 274 valence electrons. The van der Waals surface area contributed by atoms with E-state index in [2.05, 4.69) is 22.1 Å². The van der Waals surface area contributed by atoms with Crippen LogP contribution in [-0.4, -0.2) is 26.5 Å². The predicted molar refractivity (Wildman–Crippen MR) is 183 cm³/mol. The molecule has 2 aromatic heterocycles. The average Bonchev–Trinajstić information content (AvgIpc) is 3.04. The van der Waals surface area contributed by atoms with Crippen molar-refractivity contribution in [2.45, 2.75) is 78.6 Å². The molecule has 4 rings (SSSR count). The Kier molecular flexibility index (Phi) is 12.4. The number of carbonyl (C=O) groups is 2. The van der Waals surface area contributed by atoms with E-state index in [9.17, 15) is 37.1 Å². The van der Waals surface area contributed by atoms with Gasteiger partial charge in [0.05, 0.1) is 23.6 Å². The number of alkyl halides is 3. The molecule has 1 amide bonds. The summed E-state index contributed by atoms with van der Waals surface area (Å²) in [5.74, 6) is -0.954. The number of nitrogens with zero attached hydrogens (tertiary/aromatic N) is 2. The molecule has 7 nitrogen and oxygen atoms in total. The second-order valence-electron chi connectivity index (χ2n) is 12.9. The van der Waals surface area contributed by atoms with Gasteiger partial charge >= 0.3 is 12.1 Å². The van der Waals surface area contributed by atoms with Gasteiger partial charge in [0.2, 0.25) is 5.91 Å². The number of carboxylic acids is 1. The molecule has 52 heavy (non-hydrogen) atoms. The standard InChI is InChI=1S/C39H37F6N3O4/c1-6-9-24-17-28(34-22(4)15-26(40)16-23(34)5)37(42)35(36(24)41)30(19-33(50)51)47-38(52)31(14-21(2)3)48-20-25(11-12-27-10-7-8-13-46-27)29(18-32(48)49)39(43,44)45/h7-8,10,13,15-18,20-21,30-31H,11-12,14,19H2,1-5H3,(H,47,52)(H,50,51)/t30-,31+/m0/s1. The zero-order chi connectivity index (χ0) is 38.5. The normalized spacial score (nSPS) is 12.6. The van der Waals surface area contributed by atoms with E-state index >= 15 is 8.78 Å². The van der Waals surface area contributed by atoms with E-state index in [0.717, 1.165) is 29.0 Å². The number of rotatable bonds is 12. The maximum absolute atomic E-state index is 16.6. The van der Waals surface area contributed by atoms with Crippen molar-refractivity contribution in [3.63, 3.8) is 0 Å². The third-order valence-corrected chi connectivity index (χ3v) is 8.48. The maximum Gasteiger partial charge on any atom is 0.416 e. The van der Waals surface area contributed by atoms with Crippen LogP contribution in [0, 0.1) is 49.1 Å². The minimum Gasteiger partial charge on any atom is -0.481 e. The molecule has 0 bridgehead atoms. The number of aliphatic carboxylic acids is 1. The Labute approximate surface area is 296 Å². The fourth-order valence-electron chi connectivity index (χ4n) is 6.27. The van der Waals surface area contributed by atoms with Crippen LogP contribution in [0.25, 0.3) is 11.1 Å². The van der Waals surface area contributed by atoms with E-state index in [1.54, 1.807) is 32.0 Å². The Balaban J connectivity index is 1.87. The monoisotopic (exact) mass is 725 g/mol. The lowest BCUT2D eigenvalue weighted by Crippen LogP contribution is -2.41. The zero-order valence-corrected chi connectivity index (χ0v) is 29.1. The molecular formula is C39H37F6N3O4. The number of pyridine rings is 2. The van der Waals surface area contributed by atoms with Crippen LogP contribution in [0.15, 0.2) is 59.7 Å². The van der Waals surface area contributed by atoms with E-state index in [1.165, 1.54) is 27.0 Å². The van der Waals surface area contributed by atoms with Gasteiger partial charge in [-0.05, 0) is 98.5 Å². The van der Waals surface area contributed by atoms with Crippen LogP contribution in [0.5, 0.6) is 0 Å². The van der Waals surface area contributed by atoms with Crippen molar-refractivity contribution in [3.8, 4) is 23.0 Å². The highest BCUT2D eigenvalue weighted by Gasteiger charge is 2.36. The molecule has 2 aromatic carbocycles. The van der Waals surface area contributed by atoms with Gasteiger partial charge in [0.25, 0.3) is 5.56 Å². The molecule has 13 heteroatoms. The molecule has 0 radical (unpaired) electrons. The first-order valence-corrected chi connectivity index (χ1v) is 16.4. The molecule has 0 saturated carbocycles. The predicted octanol–water partition coefficient (Wildman–Crippen LogP) is 8.04. The molecule has 0 aliphatic carbocycles. The lowest BCUT2D eigenvalue weighted by atomic mass is 9.89. The molecule has 0 aliphatic heterocycles. The summed E-state index contributed by atoms with van der Waals surface area (Å²) in [7, 11) is 0. The van der Waals surface area contributed by atoms with Crippen LogP contribution in [0.3, 0.4) is 0 Å². The second-order valence-corrected chi connectivity index (χ2v) is 12.9. The summed E-state index contributed by atoms with van der Waals surface area (Å²) in [5, 5.41) is 12.2. The van der Waals surface area contributed by atoms with Gasteiger partial charge in [0, 0.05) is 35.3 Å². The molecule has 2 atom stereocenters. The minimum atomic E-state index is -4.90. The van der Waals surface area contributed by atoms with Crippen LogP contribution >= 0.6 is 0 Å². The van der Waals surface area contributed by atoms with E-state index < -0.39 is 70.7 Å². The summed E-state index contributed by atoms with van der Waals surface area (Å²) in [5.41, 5.74) is -2.74. The van der Waals surface area contributed by atoms with Gasteiger partial charge in [-0.2, -0.15) is 13.2 Å². The summed E-state index contributed by atoms with van der Waals surface area (Å²) in [4.78, 5) is 43.6. The number of hydrogen-bond donors (Lipinski definition) is 2. The van der Waals surface area contributed by atoms with Gasteiger partial charge < -0.3 is 15.0 Å². The summed E-state index contributed by atoms with van der Waals surface area (Å²) in [6.07, 6.45) is -3.72. The fraction of sp³-hybridized carbons (Fsp3) is 0.333. The Bertz CT molecular complexity index is 2080. The number of carboxylic acid groups (broad SMARTS) is 1. The van der Waals surface area contributed by atoms with E-state index in [0.29, 0.717) is 22.9 Å². The number of benzene rings is 2. The average molecular weight is 726 g/mol. The quantitative estimate of drug-likeness (QED) is 0.114. The maximum atomic E-state index is 16.6.